The molecule has 2 aliphatic rings. The normalized spacial score (nSPS) is 22.3. The number of nitrogens with zero attached hydrogens (tertiary/aromatic N) is 4. The molecule has 6 heteroatoms. The number of carbonyl (C=O) groups excluding carboxylic acids is 1. The minimum absolute atomic E-state index is 0.0841. The number of hydrogen-bond donors (Lipinski definition) is 0. The molecule has 0 bridgehead atoms. The quantitative estimate of drug-likeness (QED) is 0.842. The highest BCUT2D eigenvalue weighted by Gasteiger charge is 2.27. The first-order chi connectivity index (χ1) is 12.0. The number of piperidine rings is 1. The maximum Gasteiger partial charge on any atom is 0.146 e. The van der Waals surface area contributed by atoms with Gasteiger partial charge in [0.05, 0.1) is 11.9 Å². The molecule has 2 aromatic rings. The Kier molecular flexibility index (Phi) is 4.50. The van der Waals surface area contributed by atoms with Crippen LogP contribution in [0.25, 0.3) is 10.2 Å². The van der Waals surface area contributed by atoms with Crippen molar-refractivity contribution in [1.82, 2.24) is 14.9 Å². The van der Waals surface area contributed by atoms with Gasteiger partial charge in [0.25, 0.3) is 0 Å². The topological polar surface area (TPSA) is 49.3 Å². The molecule has 0 N–H and O–H groups in total. The molecule has 25 heavy (non-hydrogen) atoms. The van der Waals surface area contributed by atoms with Crippen LogP contribution in [-0.4, -0.2) is 46.8 Å². The SMILES string of the molecule is Cc1sc2nc(CN3CCCC3)nc(N3CCC(=O)C(C)C3)c2c1C. The molecular formula is C19H26N4OS. The molecule has 0 aromatic carbocycles. The van der Waals surface area contributed by atoms with Gasteiger partial charge in [-0.05, 0) is 45.3 Å². The lowest BCUT2D eigenvalue weighted by atomic mass is 9.98. The average molecular weight is 359 g/mol. The number of ketones is 1. The summed E-state index contributed by atoms with van der Waals surface area (Å²) in [5.41, 5.74) is 1.28. The number of thiophene rings is 1. The summed E-state index contributed by atoms with van der Waals surface area (Å²) in [6.45, 7) is 11.0. The lowest BCUT2D eigenvalue weighted by Gasteiger charge is -2.32. The second-order valence-corrected chi connectivity index (χ2v) is 8.68. The van der Waals surface area contributed by atoms with Crippen LogP contribution in [0.2, 0.25) is 0 Å². The summed E-state index contributed by atoms with van der Waals surface area (Å²) in [7, 11) is 0. The van der Waals surface area contributed by atoms with Crippen LogP contribution in [0.1, 0.15) is 42.5 Å². The molecule has 0 aliphatic carbocycles. The van der Waals surface area contributed by atoms with E-state index in [1.54, 1.807) is 11.3 Å². The van der Waals surface area contributed by atoms with E-state index in [2.05, 4.69) is 23.6 Å². The van der Waals surface area contributed by atoms with Gasteiger partial charge in [-0.25, -0.2) is 9.97 Å². The molecule has 0 spiro atoms. The predicted molar refractivity (Wildman–Crippen MR) is 102 cm³/mol. The summed E-state index contributed by atoms with van der Waals surface area (Å²) < 4.78 is 0. The van der Waals surface area contributed by atoms with Gasteiger partial charge in [0, 0.05) is 30.3 Å². The lowest BCUT2D eigenvalue weighted by Crippen LogP contribution is -2.40. The summed E-state index contributed by atoms with van der Waals surface area (Å²) in [6.07, 6.45) is 3.17. The first-order valence-electron chi connectivity index (χ1n) is 9.29. The number of aryl methyl sites for hydroxylation is 2. The minimum Gasteiger partial charge on any atom is -0.355 e. The van der Waals surface area contributed by atoms with E-state index < -0.39 is 0 Å². The fourth-order valence-electron chi connectivity index (χ4n) is 3.92. The van der Waals surface area contributed by atoms with Gasteiger partial charge in [-0.1, -0.05) is 6.92 Å². The Morgan fingerprint density at radius 2 is 1.92 bits per heavy atom. The minimum atomic E-state index is 0.0841. The molecule has 1 atom stereocenters. The largest absolute Gasteiger partial charge is 0.355 e. The zero-order valence-corrected chi connectivity index (χ0v) is 16.2. The summed E-state index contributed by atoms with van der Waals surface area (Å²) in [6, 6.07) is 0. The van der Waals surface area contributed by atoms with Crippen molar-refractivity contribution in [2.45, 2.75) is 46.6 Å². The number of likely N-dealkylation sites (tertiary alicyclic amines) is 1. The molecule has 0 radical (unpaired) electrons. The van der Waals surface area contributed by atoms with Gasteiger partial charge in [-0.15, -0.1) is 11.3 Å². The Bertz CT molecular complexity index is 809. The number of aromatic nitrogens is 2. The third-order valence-corrected chi connectivity index (χ3v) is 6.69. The van der Waals surface area contributed by atoms with Crippen LogP contribution in [0, 0.1) is 19.8 Å². The van der Waals surface area contributed by atoms with E-state index in [-0.39, 0.29) is 5.92 Å². The Labute approximate surface area is 153 Å². The van der Waals surface area contributed by atoms with Crippen molar-refractivity contribution < 1.29 is 4.79 Å². The molecule has 2 saturated heterocycles. The zero-order chi connectivity index (χ0) is 17.6. The van der Waals surface area contributed by atoms with Crippen molar-refractivity contribution >= 4 is 33.2 Å². The molecule has 2 fully saturated rings. The average Bonchev–Trinajstić information content (AvgIpc) is 3.18. The Morgan fingerprint density at radius 3 is 2.64 bits per heavy atom. The molecule has 1 unspecified atom stereocenters. The van der Waals surface area contributed by atoms with Crippen molar-refractivity contribution in [2.24, 2.45) is 5.92 Å². The molecule has 4 heterocycles. The van der Waals surface area contributed by atoms with E-state index in [0.29, 0.717) is 12.2 Å². The van der Waals surface area contributed by atoms with Crippen LogP contribution >= 0.6 is 11.3 Å². The monoisotopic (exact) mass is 358 g/mol. The van der Waals surface area contributed by atoms with Crippen LogP contribution in [0.3, 0.4) is 0 Å². The fourth-order valence-corrected chi connectivity index (χ4v) is 4.96. The van der Waals surface area contributed by atoms with Gasteiger partial charge in [0.2, 0.25) is 0 Å². The first-order valence-corrected chi connectivity index (χ1v) is 10.1. The third-order valence-electron chi connectivity index (χ3n) is 5.59. The van der Waals surface area contributed by atoms with Crippen LogP contribution in [0.15, 0.2) is 0 Å². The predicted octanol–water partition coefficient (Wildman–Crippen LogP) is 3.32. The lowest BCUT2D eigenvalue weighted by molar-refractivity contribution is -0.122. The molecule has 2 aliphatic heterocycles. The summed E-state index contributed by atoms with van der Waals surface area (Å²) in [5, 5.41) is 1.19. The number of Topliss-reactive ketones (excluding diaryl/α,β-unsaturated/α-hetero) is 1. The number of carbonyl (C=O) groups is 1. The van der Waals surface area contributed by atoms with Gasteiger partial charge >= 0.3 is 0 Å². The maximum absolute atomic E-state index is 11.9. The van der Waals surface area contributed by atoms with Crippen molar-refractivity contribution in [1.29, 1.82) is 0 Å². The number of anilines is 1. The van der Waals surface area contributed by atoms with E-state index in [0.717, 1.165) is 49.2 Å². The first kappa shape index (κ1) is 16.9. The van der Waals surface area contributed by atoms with E-state index in [1.807, 2.05) is 6.92 Å². The van der Waals surface area contributed by atoms with Crippen molar-refractivity contribution in [3.63, 3.8) is 0 Å². The third kappa shape index (κ3) is 3.17. The van der Waals surface area contributed by atoms with Crippen molar-refractivity contribution in [2.75, 3.05) is 31.1 Å². The highest BCUT2D eigenvalue weighted by molar-refractivity contribution is 7.18. The fraction of sp³-hybridized carbons (Fsp3) is 0.632. The Hall–Kier alpha value is -1.53. The highest BCUT2D eigenvalue weighted by atomic mass is 32.1. The van der Waals surface area contributed by atoms with Gasteiger partial charge in [-0.2, -0.15) is 0 Å². The van der Waals surface area contributed by atoms with Crippen molar-refractivity contribution in [3.05, 3.63) is 16.3 Å². The standard InChI is InChI=1S/C19H26N4OS/c1-12-10-23(9-6-15(12)24)18-17-13(2)14(3)25-19(17)21-16(20-18)11-22-7-4-5-8-22/h12H,4-11H2,1-3H3. The van der Waals surface area contributed by atoms with Crippen LogP contribution in [-0.2, 0) is 11.3 Å². The summed E-state index contributed by atoms with van der Waals surface area (Å²) in [4.78, 5) is 29.0. The van der Waals surface area contributed by atoms with Gasteiger partial charge < -0.3 is 4.90 Å². The van der Waals surface area contributed by atoms with Crippen LogP contribution < -0.4 is 4.90 Å². The smallest absolute Gasteiger partial charge is 0.146 e. The molecule has 0 saturated carbocycles. The van der Waals surface area contributed by atoms with E-state index in [9.17, 15) is 4.79 Å². The molecule has 134 valence electrons. The van der Waals surface area contributed by atoms with Crippen molar-refractivity contribution in [3.8, 4) is 0 Å². The highest BCUT2D eigenvalue weighted by Crippen LogP contribution is 2.36. The maximum atomic E-state index is 11.9. The van der Waals surface area contributed by atoms with Crippen LogP contribution in [0.4, 0.5) is 5.82 Å². The second kappa shape index (κ2) is 6.65. The van der Waals surface area contributed by atoms with E-state index in [1.165, 1.54) is 28.7 Å². The van der Waals surface area contributed by atoms with E-state index in [4.69, 9.17) is 9.97 Å². The Balaban J connectivity index is 1.75. The van der Waals surface area contributed by atoms with Gasteiger partial charge in [-0.3, -0.25) is 9.69 Å². The summed E-state index contributed by atoms with van der Waals surface area (Å²) >= 11 is 1.77. The number of hydrogen-bond acceptors (Lipinski definition) is 6. The van der Waals surface area contributed by atoms with Crippen LogP contribution in [0.5, 0.6) is 0 Å². The molecule has 4 rings (SSSR count). The molecule has 2 aromatic heterocycles. The van der Waals surface area contributed by atoms with E-state index >= 15 is 0 Å². The summed E-state index contributed by atoms with van der Waals surface area (Å²) in [5.74, 6) is 2.42. The number of rotatable bonds is 3. The molecule has 5 nitrogen and oxygen atoms in total. The Morgan fingerprint density at radius 1 is 1.16 bits per heavy atom. The molecular weight excluding hydrogens is 332 g/mol. The van der Waals surface area contributed by atoms with Gasteiger partial charge in [0.15, 0.2) is 0 Å². The molecule has 0 amide bonds. The number of fused-ring (bicyclic) bond motifs is 1. The second-order valence-electron chi connectivity index (χ2n) is 7.47. The zero-order valence-electron chi connectivity index (χ0n) is 15.3. The van der Waals surface area contributed by atoms with Gasteiger partial charge in [0.1, 0.15) is 22.3 Å².